The van der Waals surface area contributed by atoms with Gasteiger partial charge in [-0.15, -0.1) is 10.2 Å². The van der Waals surface area contributed by atoms with Gasteiger partial charge in [-0.3, -0.25) is 4.79 Å². The first-order chi connectivity index (χ1) is 12.0. The minimum Gasteiger partial charge on any atom is -0.435 e. The van der Waals surface area contributed by atoms with Gasteiger partial charge in [0.1, 0.15) is 5.75 Å². The van der Waals surface area contributed by atoms with Crippen LogP contribution < -0.4 is 15.9 Å². The normalized spacial score (nSPS) is 10.9. The maximum absolute atomic E-state index is 12.1. The lowest BCUT2D eigenvalue weighted by atomic mass is 10.2. The van der Waals surface area contributed by atoms with Crippen LogP contribution in [-0.2, 0) is 9.53 Å². The highest BCUT2D eigenvalue weighted by Gasteiger charge is 2.14. The number of aromatic nitrogens is 3. The van der Waals surface area contributed by atoms with Gasteiger partial charge in [0, 0.05) is 19.2 Å². The van der Waals surface area contributed by atoms with E-state index in [2.05, 4.69) is 20.3 Å². The summed E-state index contributed by atoms with van der Waals surface area (Å²) >= 11 is 1.13. The lowest BCUT2D eigenvalue weighted by Crippen LogP contribution is -2.28. The van der Waals surface area contributed by atoms with E-state index in [1.54, 1.807) is 7.11 Å². The van der Waals surface area contributed by atoms with E-state index in [1.807, 2.05) is 0 Å². The summed E-state index contributed by atoms with van der Waals surface area (Å²) in [4.78, 5) is 11.6. The zero-order valence-electron chi connectivity index (χ0n) is 13.3. The molecule has 2 rings (SSSR count). The average Bonchev–Trinajstić information content (AvgIpc) is 2.94. The molecule has 1 aromatic carbocycles. The third-order valence-electron chi connectivity index (χ3n) is 2.96. The number of amides is 1. The Morgan fingerprint density at radius 3 is 2.72 bits per heavy atom. The Hall–Kier alpha value is -2.40. The molecule has 0 aliphatic heterocycles. The molecule has 1 amide bonds. The van der Waals surface area contributed by atoms with Gasteiger partial charge in [0.15, 0.2) is 5.82 Å². The summed E-state index contributed by atoms with van der Waals surface area (Å²) in [6.45, 7) is -2.04. The fraction of sp³-hybridized carbons (Fsp3) is 0.357. The van der Waals surface area contributed by atoms with Gasteiger partial charge >= 0.3 is 6.61 Å². The molecule has 0 radical (unpaired) electrons. The van der Waals surface area contributed by atoms with Crippen LogP contribution >= 0.6 is 11.8 Å². The molecular weight excluding hydrogens is 356 g/mol. The van der Waals surface area contributed by atoms with Crippen LogP contribution in [0, 0.1) is 0 Å². The zero-order chi connectivity index (χ0) is 18.2. The minimum absolute atomic E-state index is 0.0316. The third-order valence-corrected chi connectivity index (χ3v) is 3.91. The first kappa shape index (κ1) is 18.9. The van der Waals surface area contributed by atoms with Crippen molar-refractivity contribution < 1.29 is 23.0 Å². The summed E-state index contributed by atoms with van der Waals surface area (Å²) in [5, 5.41) is 10.9. The number of nitrogens with one attached hydrogen (secondary N) is 1. The predicted octanol–water partition coefficient (Wildman–Crippen LogP) is 1.11. The number of benzene rings is 1. The molecule has 0 aliphatic carbocycles. The molecule has 11 heteroatoms. The van der Waals surface area contributed by atoms with Crippen molar-refractivity contribution >= 4 is 17.7 Å². The number of rotatable bonds is 9. The summed E-state index contributed by atoms with van der Waals surface area (Å²) in [7, 11) is 1.55. The maximum atomic E-state index is 12.1. The molecule has 0 saturated carbocycles. The molecule has 0 unspecified atom stereocenters. The highest BCUT2D eigenvalue weighted by molar-refractivity contribution is 7.99. The van der Waals surface area contributed by atoms with Crippen LogP contribution in [0.4, 0.5) is 8.78 Å². The molecule has 0 saturated heterocycles. The molecule has 0 fully saturated rings. The van der Waals surface area contributed by atoms with Gasteiger partial charge in [0.25, 0.3) is 0 Å². The van der Waals surface area contributed by atoms with Crippen LogP contribution in [0.2, 0.25) is 0 Å². The standard InChI is InChI=1S/C14H17F2N5O3S/c1-23-7-6-18-11(22)8-25-14-20-19-12(21(14)17)9-2-4-10(5-3-9)24-13(15)16/h2-5,13H,6-8,17H2,1H3,(H,18,22). The molecule has 0 bridgehead atoms. The molecule has 2 aromatic rings. The molecule has 136 valence electrons. The Morgan fingerprint density at radius 1 is 1.36 bits per heavy atom. The molecule has 0 atom stereocenters. The van der Waals surface area contributed by atoms with Gasteiger partial charge in [-0.1, -0.05) is 11.8 Å². The number of carbonyl (C=O) groups is 1. The smallest absolute Gasteiger partial charge is 0.387 e. The van der Waals surface area contributed by atoms with E-state index < -0.39 is 6.61 Å². The van der Waals surface area contributed by atoms with Gasteiger partial charge in [0.05, 0.1) is 12.4 Å². The second-order valence-electron chi connectivity index (χ2n) is 4.71. The van der Waals surface area contributed by atoms with E-state index in [0.717, 1.165) is 11.8 Å². The van der Waals surface area contributed by atoms with E-state index in [9.17, 15) is 13.6 Å². The van der Waals surface area contributed by atoms with Crippen molar-refractivity contribution in [1.29, 1.82) is 0 Å². The number of nitrogen functional groups attached to an aromatic ring is 1. The molecule has 0 spiro atoms. The van der Waals surface area contributed by atoms with Crippen molar-refractivity contribution in [2.75, 3.05) is 31.9 Å². The van der Waals surface area contributed by atoms with Gasteiger partial charge in [-0.05, 0) is 24.3 Å². The fourth-order valence-corrected chi connectivity index (χ4v) is 2.52. The second-order valence-corrected chi connectivity index (χ2v) is 5.65. The zero-order valence-corrected chi connectivity index (χ0v) is 14.1. The lowest BCUT2D eigenvalue weighted by molar-refractivity contribution is -0.118. The molecule has 25 heavy (non-hydrogen) atoms. The quantitative estimate of drug-likeness (QED) is 0.385. The number of methoxy groups -OCH3 is 1. The molecule has 3 N–H and O–H groups in total. The summed E-state index contributed by atoms with van der Waals surface area (Å²) in [5.74, 6) is 6.25. The van der Waals surface area contributed by atoms with E-state index in [0.29, 0.717) is 29.7 Å². The number of nitrogens with two attached hydrogens (primary N) is 1. The fourth-order valence-electron chi connectivity index (χ4n) is 1.83. The number of hydrogen-bond donors (Lipinski definition) is 2. The maximum Gasteiger partial charge on any atom is 0.387 e. The Labute approximate surface area is 146 Å². The molecule has 1 heterocycles. The topological polar surface area (TPSA) is 104 Å². The first-order valence-corrected chi connectivity index (χ1v) is 8.14. The number of nitrogens with zero attached hydrogens (tertiary/aromatic N) is 3. The highest BCUT2D eigenvalue weighted by atomic mass is 32.2. The molecular formula is C14H17F2N5O3S. The molecule has 1 aromatic heterocycles. The van der Waals surface area contributed by atoms with Crippen LogP contribution in [0.5, 0.6) is 5.75 Å². The van der Waals surface area contributed by atoms with E-state index in [-0.39, 0.29) is 17.4 Å². The van der Waals surface area contributed by atoms with Crippen molar-refractivity contribution in [2.24, 2.45) is 0 Å². The van der Waals surface area contributed by atoms with Crippen LogP contribution in [0.15, 0.2) is 29.4 Å². The Morgan fingerprint density at radius 2 is 2.08 bits per heavy atom. The number of halogens is 2. The number of hydrogen-bond acceptors (Lipinski definition) is 7. The summed E-state index contributed by atoms with van der Waals surface area (Å²) in [6, 6.07) is 5.84. The van der Waals surface area contributed by atoms with Gasteiger partial charge in [0.2, 0.25) is 11.1 Å². The van der Waals surface area contributed by atoms with Crippen LogP contribution in [0.3, 0.4) is 0 Å². The van der Waals surface area contributed by atoms with Crippen molar-refractivity contribution in [1.82, 2.24) is 20.2 Å². The predicted molar refractivity (Wildman–Crippen MR) is 87.9 cm³/mol. The first-order valence-electron chi connectivity index (χ1n) is 7.15. The summed E-state index contributed by atoms with van der Waals surface area (Å²) in [5.41, 5.74) is 0.577. The second kappa shape index (κ2) is 9.18. The molecule has 0 aliphatic rings. The monoisotopic (exact) mass is 373 g/mol. The largest absolute Gasteiger partial charge is 0.435 e. The summed E-state index contributed by atoms with van der Waals surface area (Å²) < 4.78 is 34.6. The Bertz CT molecular complexity index is 696. The number of ether oxygens (including phenoxy) is 2. The number of carbonyl (C=O) groups excluding carboxylic acids is 1. The van der Waals surface area contributed by atoms with Crippen molar-refractivity contribution in [3.8, 4) is 17.1 Å². The average molecular weight is 373 g/mol. The van der Waals surface area contributed by atoms with Crippen LogP contribution in [-0.4, -0.2) is 53.4 Å². The Balaban J connectivity index is 1.97. The Kier molecular flexibility index (Phi) is 6.95. The van der Waals surface area contributed by atoms with Crippen molar-refractivity contribution in [2.45, 2.75) is 11.8 Å². The van der Waals surface area contributed by atoms with Crippen molar-refractivity contribution in [3.05, 3.63) is 24.3 Å². The van der Waals surface area contributed by atoms with E-state index in [1.165, 1.54) is 28.9 Å². The van der Waals surface area contributed by atoms with Crippen LogP contribution in [0.25, 0.3) is 11.4 Å². The minimum atomic E-state index is -2.89. The van der Waals surface area contributed by atoms with Gasteiger partial charge in [-0.25, -0.2) is 4.68 Å². The van der Waals surface area contributed by atoms with Crippen molar-refractivity contribution in [3.63, 3.8) is 0 Å². The van der Waals surface area contributed by atoms with Gasteiger partial charge in [-0.2, -0.15) is 8.78 Å². The number of alkyl halides is 2. The van der Waals surface area contributed by atoms with Gasteiger partial charge < -0.3 is 20.6 Å². The summed E-state index contributed by atoms with van der Waals surface area (Å²) in [6.07, 6.45) is 0. The van der Waals surface area contributed by atoms with E-state index in [4.69, 9.17) is 10.6 Å². The number of thioether (sulfide) groups is 1. The lowest BCUT2D eigenvalue weighted by Gasteiger charge is -2.06. The van der Waals surface area contributed by atoms with Crippen LogP contribution in [0.1, 0.15) is 0 Å². The SMILES string of the molecule is COCCNC(=O)CSc1nnc(-c2ccc(OC(F)F)cc2)n1N. The van der Waals surface area contributed by atoms with E-state index >= 15 is 0 Å². The highest BCUT2D eigenvalue weighted by Crippen LogP contribution is 2.24. The third kappa shape index (κ3) is 5.57. The molecule has 8 nitrogen and oxygen atoms in total.